The fourth-order valence-electron chi connectivity index (χ4n) is 0.425. The van der Waals surface area contributed by atoms with E-state index < -0.39 is 17.4 Å². The number of rotatable bonds is 0. The molecule has 4 heteroatoms. The molecule has 0 fully saturated rings. The highest BCUT2D eigenvalue weighted by Gasteiger charge is 2.45. The van der Waals surface area contributed by atoms with Crippen LogP contribution >= 0.6 is 0 Å². The van der Waals surface area contributed by atoms with Crippen molar-refractivity contribution in [2.45, 2.75) is 26.9 Å². The minimum atomic E-state index is -4.70. The molecule has 0 aliphatic rings. The predicted octanol–water partition coefficient (Wildman–Crippen LogP) is 2.16. The van der Waals surface area contributed by atoms with Gasteiger partial charge in [0.05, 0.1) is 0 Å². The molecule has 0 N–H and O–H groups in total. The summed E-state index contributed by atoms with van der Waals surface area (Å²) in [4.78, 5) is 10.4. The first kappa shape index (κ1) is 9.46. The van der Waals surface area contributed by atoms with Gasteiger partial charge in [-0.1, -0.05) is 20.8 Å². The van der Waals surface area contributed by atoms with E-state index in [4.69, 9.17) is 0 Å². The van der Waals surface area contributed by atoms with E-state index in [0.717, 1.165) is 0 Å². The number of ketones is 1. The van der Waals surface area contributed by atoms with E-state index in [-0.39, 0.29) is 0 Å². The Morgan fingerprint density at radius 3 is 1.40 bits per heavy atom. The average molecular weight is 151 g/mol. The Morgan fingerprint density at radius 1 is 1.10 bits per heavy atom. The van der Waals surface area contributed by atoms with Crippen LogP contribution in [0.1, 0.15) is 20.8 Å². The van der Waals surface area contributed by atoms with Gasteiger partial charge in [0.15, 0.2) is 0 Å². The molecule has 0 saturated carbocycles. The van der Waals surface area contributed by atoms with Gasteiger partial charge in [-0.05, 0) is 0 Å². The molecule has 60 valence electrons. The molecule has 0 aromatic heterocycles. The van der Waals surface area contributed by atoms with Crippen molar-refractivity contribution in [3.63, 3.8) is 0 Å². The van der Waals surface area contributed by atoms with Crippen LogP contribution in [0, 0.1) is 5.41 Å². The van der Waals surface area contributed by atoms with Crippen LogP contribution in [0.15, 0.2) is 0 Å². The molecule has 0 aliphatic carbocycles. The Labute approximate surface area is 57.2 Å². The molecule has 0 aromatic carbocycles. The van der Waals surface area contributed by atoms with Gasteiger partial charge in [-0.2, -0.15) is 13.2 Å². The summed E-state index contributed by atoms with van der Waals surface area (Å²) in [6.45, 7) is 3.72. The van der Waals surface area contributed by atoms with E-state index in [1.54, 1.807) is 0 Å². The molecule has 0 unspecified atom stereocenters. The Bertz CT molecular complexity index is 124. The fourth-order valence-corrected chi connectivity index (χ4v) is 0.425. The van der Waals surface area contributed by atoms with Gasteiger partial charge in [0, 0.05) is 5.41 Å². The van der Waals surface area contributed by atoms with E-state index in [0.29, 0.717) is 0 Å². The lowest BCUT2D eigenvalue weighted by molar-refractivity contribution is -0.179. The van der Waals surface area contributed by atoms with Gasteiger partial charge in [-0.25, -0.2) is 0 Å². The second kappa shape index (κ2) is 2.25. The van der Waals surface area contributed by atoms with Crippen LogP contribution in [0.5, 0.6) is 0 Å². The van der Waals surface area contributed by atoms with Gasteiger partial charge in [-0.15, -0.1) is 0 Å². The zero-order valence-electron chi connectivity index (χ0n) is 6.04. The average Bonchev–Trinajstić information content (AvgIpc) is 1.59. The summed E-state index contributed by atoms with van der Waals surface area (Å²) < 4.78 is 34.8. The van der Waals surface area contributed by atoms with Crippen molar-refractivity contribution in [2.75, 3.05) is 0 Å². The van der Waals surface area contributed by atoms with Crippen LogP contribution in [0.25, 0.3) is 0 Å². The highest BCUT2D eigenvalue weighted by molar-refractivity contribution is 5.88. The summed E-state index contributed by atoms with van der Waals surface area (Å²) in [7, 11) is 0. The monoisotopic (exact) mass is 151 g/mol. The van der Waals surface area contributed by atoms with Gasteiger partial charge < -0.3 is 0 Å². The quantitative estimate of drug-likeness (QED) is 0.518. The first-order valence-electron chi connectivity index (χ1n) is 2.77. The molecule has 0 heterocycles. The van der Waals surface area contributed by atoms with Crippen LogP contribution in [0.3, 0.4) is 0 Å². The summed E-state index contributed by atoms with van der Waals surface area (Å²) >= 11 is 0. The number of carbonyl (C=O) groups is 1. The maximum atomic E-state index is 11.6. The molecule has 0 amide bonds. The van der Waals surface area contributed by atoms with Gasteiger partial charge in [0.2, 0.25) is 5.78 Å². The number of alkyl halides is 3. The maximum absolute atomic E-state index is 11.6. The molecule has 0 saturated heterocycles. The Hall–Kier alpha value is -0.540. The smallest absolute Gasteiger partial charge is 0.289 e. The lowest BCUT2D eigenvalue weighted by Gasteiger charge is -2.17. The van der Waals surface area contributed by atoms with E-state index in [1.807, 2.05) is 0 Å². The van der Waals surface area contributed by atoms with Crippen LogP contribution in [-0.4, -0.2) is 12.0 Å². The zero-order valence-corrected chi connectivity index (χ0v) is 6.04. The molecule has 0 aromatic rings. The number of carbonyl (C=O) groups excluding carboxylic acids is 1. The van der Waals surface area contributed by atoms with Crippen molar-refractivity contribution >= 4 is 5.78 Å². The van der Waals surface area contributed by atoms with E-state index in [9.17, 15) is 18.0 Å². The van der Waals surface area contributed by atoms with Crippen molar-refractivity contribution in [3.05, 3.63) is 0 Å². The second-order valence-corrected chi connectivity index (χ2v) is 3.08. The molecular formula is C6H9F3O. The topological polar surface area (TPSA) is 17.1 Å². The van der Waals surface area contributed by atoms with Crippen LogP contribution < -0.4 is 0 Å². The third-order valence-electron chi connectivity index (χ3n) is 0.939. The summed E-state index contributed by atoms with van der Waals surface area (Å²) in [5, 5.41) is 0. The van der Waals surface area contributed by atoms with E-state index in [1.165, 1.54) is 20.8 Å². The first-order chi connectivity index (χ1) is 4.15. The highest BCUT2D eigenvalue weighted by Crippen LogP contribution is 2.27. The molecule has 0 aliphatic heterocycles. The molecule has 1 nitrogen and oxygen atoms in total. The normalized spacial score (nSPS) is 13.4. The van der Waals surface area contributed by atoms with Crippen molar-refractivity contribution in [1.82, 2.24) is 0 Å². The summed E-state index contributed by atoms with van der Waals surface area (Å²) in [5.74, 6) is -1.68. The second-order valence-electron chi connectivity index (χ2n) is 3.08. The van der Waals surface area contributed by atoms with Gasteiger partial charge in [-0.3, -0.25) is 4.79 Å². The lowest BCUT2D eigenvalue weighted by atomic mass is 9.90. The van der Waals surface area contributed by atoms with Crippen molar-refractivity contribution < 1.29 is 18.0 Å². The summed E-state index contributed by atoms with van der Waals surface area (Å²) in [6.07, 6.45) is -4.70. The van der Waals surface area contributed by atoms with E-state index in [2.05, 4.69) is 0 Å². The molecule has 10 heavy (non-hydrogen) atoms. The van der Waals surface area contributed by atoms with Crippen molar-refractivity contribution in [3.8, 4) is 0 Å². The number of hydrogen-bond acceptors (Lipinski definition) is 1. The minimum Gasteiger partial charge on any atom is -0.289 e. The number of halogens is 3. The molecule has 0 rings (SSSR count). The first-order valence-corrected chi connectivity index (χ1v) is 2.77. The maximum Gasteiger partial charge on any atom is 0.450 e. The van der Waals surface area contributed by atoms with Crippen LogP contribution in [0.4, 0.5) is 13.2 Å². The SMILES string of the molecule is CC(C)(C)C(=O)C([18F])([18F])[18F]. The molecule has 0 radical (unpaired) electrons. The van der Waals surface area contributed by atoms with Crippen molar-refractivity contribution in [2.24, 2.45) is 5.41 Å². The van der Waals surface area contributed by atoms with Gasteiger partial charge in [0.25, 0.3) is 0 Å². The summed E-state index contributed by atoms with van der Waals surface area (Å²) in [6, 6.07) is 0. The standard InChI is InChI=1S/C6H9F3O/c1-5(2,3)4(10)6(7,8)9/h1-3H3/i7-1,8-1,9-1. The van der Waals surface area contributed by atoms with E-state index >= 15 is 0 Å². The third-order valence-corrected chi connectivity index (χ3v) is 0.939. The molecule has 0 spiro atoms. The number of Topliss-reactive ketones (excluding diaryl/α,β-unsaturated/α-hetero) is 1. The predicted molar refractivity (Wildman–Crippen MR) is 30.5 cm³/mol. The minimum absolute atomic E-state index is 1.24. The largest absolute Gasteiger partial charge is 0.450 e. The molecule has 0 atom stereocenters. The third kappa shape index (κ3) is 2.37. The van der Waals surface area contributed by atoms with Gasteiger partial charge in [0.1, 0.15) is 0 Å². The number of hydrogen-bond donors (Lipinski definition) is 0. The molecule has 0 bridgehead atoms. The van der Waals surface area contributed by atoms with Crippen LogP contribution in [0.2, 0.25) is 0 Å². The Balaban J connectivity index is 4.40. The lowest BCUT2D eigenvalue weighted by Crippen LogP contribution is -2.34. The Kier molecular flexibility index (Phi) is 2.13. The fraction of sp³-hybridized carbons (Fsp3) is 0.833. The van der Waals surface area contributed by atoms with Gasteiger partial charge >= 0.3 is 6.18 Å². The van der Waals surface area contributed by atoms with Crippen LogP contribution in [-0.2, 0) is 4.79 Å². The summed E-state index contributed by atoms with van der Waals surface area (Å²) in [5.41, 5.74) is -1.32. The van der Waals surface area contributed by atoms with Crippen molar-refractivity contribution in [1.29, 1.82) is 0 Å². The Morgan fingerprint density at radius 2 is 1.40 bits per heavy atom. The highest BCUT2D eigenvalue weighted by atomic mass is 18.5. The zero-order chi connectivity index (χ0) is 8.58. The molecular weight excluding hydrogens is 142 g/mol.